The van der Waals surface area contributed by atoms with Crippen LogP contribution in [0, 0.1) is 5.82 Å². The molecule has 3 rings (SSSR count). The van der Waals surface area contributed by atoms with Crippen LogP contribution in [-0.4, -0.2) is 10.9 Å². The van der Waals surface area contributed by atoms with Crippen LogP contribution in [0.5, 0.6) is 0 Å². The molecule has 0 aliphatic heterocycles. The Labute approximate surface area is 145 Å². The Balaban J connectivity index is 1.76. The van der Waals surface area contributed by atoms with Crippen molar-refractivity contribution in [1.29, 1.82) is 0 Å². The first-order valence-electron chi connectivity index (χ1n) is 8.02. The van der Waals surface area contributed by atoms with Gasteiger partial charge in [-0.3, -0.25) is 9.78 Å². The molecule has 0 aliphatic rings. The van der Waals surface area contributed by atoms with E-state index in [0.717, 1.165) is 23.4 Å². The van der Waals surface area contributed by atoms with Gasteiger partial charge in [-0.05, 0) is 48.4 Å². The van der Waals surface area contributed by atoms with Crippen molar-refractivity contribution >= 4 is 23.0 Å². The molecule has 1 aromatic heterocycles. The summed E-state index contributed by atoms with van der Waals surface area (Å²) in [4.78, 5) is 16.6. The van der Waals surface area contributed by atoms with Crippen LogP contribution in [0.1, 0.15) is 22.8 Å². The van der Waals surface area contributed by atoms with Gasteiger partial charge in [-0.1, -0.05) is 25.1 Å². The summed E-state index contributed by atoms with van der Waals surface area (Å²) in [5.41, 5.74) is 3.69. The van der Waals surface area contributed by atoms with Gasteiger partial charge >= 0.3 is 0 Å². The Morgan fingerprint density at radius 3 is 2.56 bits per heavy atom. The van der Waals surface area contributed by atoms with Gasteiger partial charge in [0.15, 0.2) is 0 Å². The third-order valence-electron chi connectivity index (χ3n) is 3.78. The van der Waals surface area contributed by atoms with Crippen LogP contribution in [0.25, 0.3) is 0 Å². The Kier molecular flexibility index (Phi) is 5.04. The number of anilines is 3. The third-order valence-corrected chi connectivity index (χ3v) is 3.78. The smallest absolute Gasteiger partial charge is 0.257 e. The predicted octanol–water partition coefficient (Wildman–Crippen LogP) is 4.78. The molecule has 4 nitrogen and oxygen atoms in total. The van der Waals surface area contributed by atoms with Crippen LogP contribution < -0.4 is 10.6 Å². The van der Waals surface area contributed by atoms with E-state index in [1.807, 2.05) is 31.2 Å². The molecule has 2 N–H and O–H groups in total. The first-order chi connectivity index (χ1) is 12.2. The number of nitrogens with zero attached hydrogens (tertiary/aromatic N) is 1. The third kappa shape index (κ3) is 4.20. The standard InChI is InChI=1S/C20H18FN3O/c1-2-14-5-3-4-6-19(14)24-20(25)15-11-18(13-22-12-15)23-17-9-7-16(21)8-10-17/h3-13,23H,2H2,1H3,(H,24,25). The minimum atomic E-state index is -0.300. The molecular weight excluding hydrogens is 317 g/mol. The largest absolute Gasteiger partial charge is 0.354 e. The summed E-state index contributed by atoms with van der Waals surface area (Å²) in [6.07, 6.45) is 3.96. The Bertz CT molecular complexity index is 878. The molecule has 0 saturated carbocycles. The van der Waals surface area contributed by atoms with E-state index >= 15 is 0 Å². The second-order valence-electron chi connectivity index (χ2n) is 5.56. The molecular formula is C20H18FN3O. The van der Waals surface area contributed by atoms with E-state index in [1.165, 1.54) is 18.3 Å². The predicted molar refractivity (Wildman–Crippen MR) is 97.7 cm³/mol. The number of carbonyl (C=O) groups excluding carboxylic acids is 1. The van der Waals surface area contributed by atoms with Crippen LogP contribution in [0.15, 0.2) is 67.0 Å². The second-order valence-corrected chi connectivity index (χ2v) is 5.56. The summed E-state index contributed by atoms with van der Waals surface area (Å²) in [5, 5.41) is 6.02. The Hall–Kier alpha value is -3.21. The monoisotopic (exact) mass is 335 g/mol. The van der Waals surface area contributed by atoms with Crippen LogP contribution in [0.4, 0.5) is 21.5 Å². The summed E-state index contributed by atoms with van der Waals surface area (Å²) in [6, 6.07) is 15.4. The van der Waals surface area contributed by atoms with Gasteiger partial charge in [0.2, 0.25) is 0 Å². The van der Waals surface area contributed by atoms with E-state index < -0.39 is 0 Å². The molecule has 0 atom stereocenters. The minimum absolute atomic E-state index is 0.226. The molecule has 0 aliphatic carbocycles. The summed E-state index contributed by atoms with van der Waals surface area (Å²) >= 11 is 0. The molecule has 3 aromatic rings. The van der Waals surface area contributed by atoms with Gasteiger partial charge < -0.3 is 10.6 Å². The first kappa shape index (κ1) is 16.6. The number of benzene rings is 2. The number of aryl methyl sites for hydroxylation is 1. The highest BCUT2D eigenvalue weighted by Crippen LogP contribution is 2.19. The zero-order valence-electron chi connectivity index (χ0n) is 13.8. The van der Waals surface area contributed by atoms with E-state index in [0.29, 0.717) is 11.3 Å². The molecule has 2 aromatic carbocycles. The fourth-order valence-electron chi connectivity index (χ4n) is 2.48. The molecule has 1 heterocycles. The van der Waals surface area contributed by atoms with Gasteiger partial charge in [0.1, 0.15) is 5.82 Å². The zero-order valence-corrected chi connectivity index (χ0v) is 13.8. The van der Waals surface area contributed by atoms with Gasteiger partial charge in [0, 0.05) is 17.6 Å². The van der Waals surface area contributed by atoms with Gasteiger partial charge in [0.25, 0.3) is 5.91 Å². The summed E-state index contributed by atoms with van der Waals surface area (Å²) in [7, 11) is 0. The number of para-hydroxylation sites is 1. The lowest BCUT2D eigenvalue weighted by atomic mass is 10.1. The number of amides is 1. The maximum Gasteiger partial charge on any atom is 0.257 e. The molecule has 0 spiro atoms. The quantitative estimate of drug-likeness (QED) is 0.705. The number of carbonyl (C=O) groups is 1. The van der Waals surface area contributed by atoms with Crippen LogP contribution >= 0.6 is 0 Å². The summed E-state index contributed by atoms with van der Waals surface area (Å²) in [5.74, 6) is -0.525. The number of hydrogen-bond acceptors (Lipinski definition) is 3. The van der Waals surface area contributed by atoms with Gasteiger partial charge in [-0.2, -0.15) is 0 Å². The average Bonchev–Trinajstić information content (AvgIpc) is 2.64. The number of aromatic nitrogens is 1. The van der Waals surface area contributed by atoms with E-state index in [9.17, 15) is 9.18 Å². The van der Waals surface area contributed by atoms with Crippen molar-refractivity contribution in [3.05, 3.63) is 83.9 Å². The number of pyridine rings is 1. The topological polar surface area (TPSA) is 54.0 Å². The fourth-order valence-corrected chi connectivity index (χ4v) is 2.48. The van der Waals surface area contributed by atoms with Crippen molar-refractivity contribution in [3.63, 3.8) is 0 Å². The molecule has 0 saturated heterocycles. The van der Waals surface area contributed by atoms with Crippen molar-refractivity contribution in [1.82, 2.24) is 4.98 Å². The minimum Gasteiger partial charge on any atom is -0.354 e. The fraction of sp³-hybridized carbons (Fsp3) is 0.100. The van der Waals surface area contributed by atoms with E-state index in [2.05, 4.69) is 15.6 Å². The van der Waals surface area contributed by atoms with E-state index in [1.54, 1.807) is 24.4 Å². The normalized spacial score (nSPS) is 10.3. The summed E-state index contributed by atoms with van der Waals surface area (Å²) in [6.45, 7) is 2.04. The second kappa shape index (κ2) is 7.57. The molecule has 0 fully saturated rings. The Morgan fingerprint density at radius 1 is 1.04 bits per heavy atom. The maximum atomic E-state index is 13.0. The SMILES string of the molecule is CCc1ccccc1NC(=O)c1cncc(Nc2ccc(F)cc2)c1. The van der Waals surface area contributed by atoms with E-state index in [-0.39, 0.29) is 11.7 Å². The first-order valence-corrected chi connectivity index (χ1v) is 8.02. The van der Waals surface area contributed by atoms with Crippen molar-refractivity contribution in [2.45, 2.75) is 13.3 Å². The molecule has 126 valence electrons. The van der Waals surface area contributed by atoms with Crippen molar-refractivity contribution in [2.24, 2.45) is 0 Å². The molecule has 1 amide bonds. The lowest BCUT2D eigenvalue weighted by Gasteiger charge is -2.11. The highest BCUT2D eigenvalue weighted by atomic mass is 19.1. The summed E-state index contributed by atoms with van der Waals surface area (Å²) < 4.78 is 13.0. The van der Waals surface area contributed by atoms with Gasteiger partial charge in [-0.25, -0.2) is 4.39 Å². The number of nitrogens with one attached hydrogen (secondary N) is 2. The molecule has 5 heteroatoms. The number of halogens is 1. The van der Waals surface area contributed by atoms with Crippen LogP contribution in [0.2, 0.25) is 0 Å². The zero-order chi connectivity index (χ0) is 17.6. The highest BCUT2D eigenvalue weighted by molar-refractivity contribution is 6.05. The average molecular weight is 335 g/mol. The lowest BCUT2D eigenvalue weighted by Crippen LogP contribution is -2.13. The number of rotatable bonds is 5. The maximum absolute atomic E-state index is 13.0. The van der Waals surface area contributed by atoms with Crippen LogP contribution in [-0.2, 0) is 6.42 Å². The molecule has 0 radical (unpaired) electrons. The molecule has 0 unspecified atom stereocenters. The molecule has 0 bridgehead atoms. The van der Waals surface area contributed by atoms with Gasteiger partial charge in [-0.15, -0.1) is 0 Å². The van der Waals surface area contributed by atoms with Crippen molar-refractivity contribution in [3.8, 4) is 0 Å². The Morgan fingerprint density at radius 2 is 1.80 bits per heavy atom. The highest BCUT2D eigenvalue weighted by Gasteiger charge is 2.09. The number of hydrogen-bond donors (Lipinski definition) is 2. The van der Waals surface area contributed by atoms with Crippen molar-refractivity contribution < 1.29 is 9.18 Å². The lowest BCUT2D eigenvalue weighted by molar-refractivity contribution is 0.102. The van der Waals surface area contributed by atoms with Crippen molar-refractivity contribution in [2.75, 3.05) is 10.6 Å². The van der Waals surface area contributed by atoms with E-state index in [4.69, 9.17) is 0 Å². The van der Waals surface area contributed by atoms with Crippen LogP contribution in [0.3, 0.4) is 0 Å². The molecule has 25 heavy (non-hydrogen) atoms. The van der Waals surface area contributed by atoms with Gasteiger partial charge in [0.05, 0.1) is 17.4 Å².